The van der Waals surface area contributed by atoms with Crippen LogP contribution in [0, 0.1) is 23.7 Å². The second kappa shape index (κ2) is 10.0. The molecule has 0 unspecified atom stereocenters. The minimum atomic E-state index is 0.0164. The monoisotopic (exact) mass is 442 g/mol. The molecule has 1 aliphatic heterocycles. The first-order valence-electron chi connectivity index (χ1n) is 11.3. The van der Waals surface area contributed by atoms with Crippen molar-refractivity contribution in [2.45, 2.75) is 32.7 Å². The van der Waals surface area contributed by atoms with Crippen LogP contribution in [-0.2, 0) is 17.7 Å². The lowest BCUT2D eigenvalue weighted by Crippen LogP contribution is -2.46. The molecule has 0 atom stereocenters. The highest BCUT2D eigenvalue weighted by Crippen LogP contribution is 2.36. The predicted octanol–water partition coefficient (Wildman–Crippen LogP) is 4.22. The summed E-state index contributed by atoms with van der Waals surface area (Å²) in [6.45, 7) is 4.77. The standard InChI is InChI=1S/C27H30N4O2/c1-21-4-3-5-24(14-21)15-27(19-33-2)10-12-30(13-11-27)26(32)25-17-29-20-31(25)18-23-8-6-22(16-28)7-9-23/h3-9,14,17,20H,10-13,15,18-19H2,1-2H3. The van der Waals surface area contributed by atoms with E-state index in [4.69, 9.17) is 10.00 Å². The van der Waals surface area contributed by atoms with E-state index in [9.17, 15) is 4.79 Å². The van der Waals surface area contributed by atoms with Gasteiger partial charge in [0.15, 0.2) is 0 Å². The van der Waals surface area contributed by atoms with Crippen molar-refractivity contribution < 1.29 is 9.53 Å². The van der Waals surface area contributed by atoms with Crippen molar-refractivity contribution >= 4 is 5.91 Å². The Morgan fingerprint density at radius 1 is 1.15 bits per heavy atom. The van der Waals surface area contributed by atoms with Gasteiger partial charge < -0.3 is 14.2 Å². The van der Waals surface area contributed by atoms with Crippen LogP contribution >= 0.6 is 0 Å². The van der Waals surface area contributed by atoms with Crippen molar-refractivity contribution in [2.75, 3.05) is 26.8 Å². The number of methoxy groups -OCH3 is 1. The van der Waals surface area contributed by atoms with Gasteiger partial charge in [-0.05, 0) is 49.4 Å². The van der Waals surface area contributed by atoms with Gasteiger partial charge in [0.2, 0.25) is 0 Å². The van der Waals surface area contributed by atoms with Crippen molar-refractivity contribution in [1.29, 1.82) is 5.26 Å². The summed E-state index contributed by atoms with van der Waals surface area (Å²) in [5, 5.41) is 8.99. The average Bonchev–Trinajstić information content (AvgIpc) is 3.28. The van der Waals surface area contributed by atoms with E-state index in [1.807, 2.05) is 21.6 Å². The van der Waals surface area contributed by atoms with Crippen LogP contribution in [0.5, 0.6) is 0 Å². The SMILES string of the molecule is COCC1(Cc2cccc(C)c2)CCN(C(=O)c2cncn2Cc2ccc(C#N)cc2)CC1. The molecule has 1 fully saturated rings. The second-order valence-corrected chi connectivity index (χ2v) is 9.11. The number of carbonyl (C=O) groups is 1. The zero-order valence-corrected chi connectivity index (χ0v) is 19.3. The van der Waals surface area contributed by atoms with Crippen molar-refractivity contribution in [1.82, 2.24) is 14.5 Å². The lowest BCUT2D eigenvalue weighted by molar-refractivity contribution is 0.0199. The number of ether oxygens (including phenoxy) is 1. The van der Waals surface area contributed by atoms with Gasteiger partial charge in [-0.15, -0.1) is 0 Å². The number of amides is 1. The molecule has 0 radical (unpaired) electrons. The quantitative estimate of drug-likeness (QED) is 0.549. The summed E-state index contributed by atoms with van der Waals surface area (Å²) in [5.41, 5.74) is 4.88. The Labute approximate surface area is 195 Å². The molecule has 0 aliphatic carbocycles. The molecule has 2 heterocycles. The summed E-state index contributed by atoms with van der Waals surface area (Å²) in [5.74, 6) is 0.0164. The normalized spacial score (nSPS) is 15.2. The molecule has 0 bridgehead atoms. The molecule has 0 N–H and O–H groups in total. The summed E-state index contributed by atoms with van der Waals surface area (Å²) in [6, 6.07) is 18.2. The van der Waals surface area contributed by atoms with Gasteiger partial charge in [-0.1, -0.05) is 42.0 Å². The van der Waals surface area contributed by atoms with Crippen LogP contribution in [0.4, 0.5) is 0 Å². The first-order valence-corrected chi connectivity index (χ1v) is 11.3. The molecule has 6 heteroatoms. The zero-order chi connectivity index (χ0) is 23.3. The van der Waals surface area contributed by atoms with E-state index in [0.717, 1.165) is 24.8 Å². The summed E-state index contributed by atoms with van der Waals surface area (Å²) >= 11 is 0. The summed E-state index contributed by atoms with van der Waals surface area (Å²) in [6.07, 6.45) is 6.12. The molecule has 2 aromatic carbocycles. The van der Waals surface area contributed by atoms with Gasteiger partial charge in [0, 0.05) is 32.2 Å². The second-order valence-electron chi connectivity index (χ2n) is 9.11. The fraction of sp³-hybridized carbons (Fsp3) is 0.370. The maximum absolute atomic E-state index is 13.3. The van der Waals surface area contributed by atoms with Crippen molar-refractivity contribution in [2.24, 2.45) is 5.41 Å². The highest BCUT2D eigenvalue weighted by Gasteiger charge is 2.37. The minimum Gasteiger partial charge on any atom is -0.384 e. The number of hydrogen-bond donors (Lipinski definition) is 0. The number of likely N-dealkylation sites (tertiary alicyclic amines) is 1. The van der Waals surface area contributed by atoms with Crippen LogP contribution in [0.25, 0.3) is 0 Å². The average molecular weight is 443 g/mol. The van der Waals surface area contributed by atoms with E-state index in [2.05, 4.69) is 42.2 Å². The van der Waals surface area contributed by atoms with Crippen molar-refractivity contribution in [3.63, 3.8) is 0 Å². The van der Waals surface area contributed by atoms with Gasteiger partial charge in [-0.3, -0.25) is 4.79 Å². The Morgan fingerprint density at radius 2 is 1.91 bits per heavy atom. The largest absolute Gasteiger partial charge is 0.384 e. The van der Waals surface area contributed by atoms with E-state index in [1.54, 1.807) is 31.8 Å². The highest BCUT2D eigenvalue weighted by atomic mass is 16.5. The maximum atomic E-state index is 13.3. The number of aryl methyl sites for hydroxylation is 1. The number of rotatable bonds is 7. The number of imidazole rings is 1. The topological polar surface area (TPSA) is 71.2 Å². The third-order valence-electron chi connectivity index (χ3n) is 6.59. The van der Waals surface area contributed by atoms with Gasteiger partial charge in [-0.25, -0.2) is 4.98 Å². The Hall–Kier alpha value is -3.43. The molecule has 1 aliphatic rings. The molecular weight excluding hydrogens is 412 g/mol. The molecule has 170 valence electrons. The number of carbonyl (C=O) groups excluding carboxylic acids is 1. The van der Waals surface area contributed by atoms with Crippen molar-refractivity contribution in [3.05, 3.63) is 89.0 Å². The fourth-order valence-corrected chi connectivity index (χ4v) is 4.79. The first kappa shape index (κ1) is 22.8. The van der Waals surface area contributed by atoms with Crippen LogP contribution in [-0.4, -0.2) is 47.2 Å². The number of nitrogens with zero attached hydrogens (tertiary/aromatic N) is 4. The molecule has 1 amide bonds. The Bertz CT molecular complexity index is 1140. The van der Waals surface area contributed by atoms with E-state index < -0.39 is 0 Å². The molecule has 1 saturated heterocycles. The molecule has 3 aromatic rings. The molecule has 33 heavy (non-hydrogen) atoms. The van der Waals surface area contributed by atoms with Gasteiger partial charge in [0.1, 0.15) is 5.69 Å². The maximum Gasteiger partial charge on any atom is 0.272 e. The summed E-state index contributed by atoms with van der Waals surface area (Å²) < 4.78 is 7.50. The van der Waals surface area contributed by atoms with Crippen LogP contribution in [0.1, 0.15) is 45.6 Å². The van der Waals surface area contributed by atoms with Crippen LogP contribution < -0.4 is 0 Å². The first-order chi connectivity index (χ1) is 16.0. The van der Waals surface area contributed by atoms with E-state index in [-0.39, 0.29) is 11.3 Å². The van der Waals surface area contributed by atoms with Gasteiger partial charge in [0.05, 0.1) is 30.8 Å². The molecule has 6 nitrogen and oxygen atoms in total. The fourth-order valence-electron chi connectivity index (χ4n) is 4.79. The van der Waals surface area contributed by atoms with Crippen LogP contribution in [0.15, 0.2) is 61.1 Å². The number of piperidine rings is 1. The Morgan fingerprint density at radius 3 is 2.58 bits per heavy atom. The van der Waals surface area contributed by atoms with E-state index in [1.165, 1.54) is 11.1 Å². The zero-order valence-electron chi connectivity index (χ0n) is 19.3. The Kier molecular flexibility index (Phi) is 6.90. The molecule has 4 rings (SSSR count). The molecular formula is C27H30N4O2. The van der Waals surface area contributed by atoms with Crippen LogP contribution in [0.3, 0.4) is 0 Å². The Balaban J connectivity index is 1.43. The molecule has 0 spiro atoms. The number of nitriles is 1. The molecule has 0 saturated carbocycles. The predicted molar refractivity (Wildman–Crippen MR) is 127 cm³/mol. The van der Waals surface area contributed by atoms with Gasteiger partial charge in [0.25, 0.3) is 5.91 Å². The lowest BCUT2D eigenvalue weighted by atomic mass is 9.74. The minimum absolute atomic E-state index is 0.0164. The lowest BCUT2D eigenvalue weighted by Gasteiger charge is -2.41. The van der Waals surface area contributed by atoms with Crippen molar-refractivity contribution in [3.8, 4) is 6.07 Å². The third kappa shape index (κ3) is 5.32. The number of aromatic nitrogens is 2. The summed E-state index contributed by atoms with van der Waals surface area (Å²) in [4.78, 5) is 19.5. The highest BCUT2D eigenvalue weighted by molar-refractivity contribution is 5.92. The van der Waals surface area contributed by atoms with Crippen LogP contribution in [0.2, 0.25) is 0 Å². The van der Waals surface area contributed by atoms with E-state index >= 15 is 0 Å². The van der Waals surface area contributed by atoms with E-state index in [0.29, 0.717) is 37.5 Å². The number of benzene rings is 2. The van der Waals surface area contributed by atoms with Gasteiger partial charge in [-0.2, -0.15) is 5.26 Å². The third-order valence-corrected chi connectivity index (χ3v) is 6.59. The molecule has 1 aromatic heterocycles. The number of hydrogen-bond acceptors (Lipinski definition) is 4. The summed E-state index contributed by atoms with van der Waals surface area (Å²) in [7, 11) is 1.76. The van der Waals surface area contributed by atoms with Gasteiger partial charge >= 0.3 is 0 Å². The smallest absolute Gasteiger partial charge is 0.272 e.